The van der Waals surface area contributed by atoms with Gasteiger partial charge in [-0.25, -0.2) is 9.59 Å². The minimum atomic E-state index is -1.00. The molecule has 1 saturated heterocycles. The summed E-state index contributed by atoms with van der Waals surface area (Å²) in [7, 11) is 3.12. The van der Waals surface area contributed by atoms with Crippen molar-refractivity contribution in [3.63, 3.8) is 0 Å². The van der Waals surface area contributed by atoms with Crippen molar-refractivity contribution in [2.75, 3.05) is 27.4 Å². The van der Waals surface area contributed by atoms with Crippen molar-refractivity contribution in [2.45, 2.75) is 38.0 Å². The van der Waals surface area contributed by atoms with Gasteiger partial charge in [0.05, 0.1) is 6.10 Å². The number of carboxylic acids is 1. The van der Waals surface area contributed by atoms with Gasteiger partial charge in [-0.3, -0.25) is 0 Å². The Labute approximate surface area is 112 Å². The lowest BCUT2D eigenvalue weighted by Crippen LogP contribution is -2.48. The van der Waals surface area contributed by atoms with E-state index in [1.165, 1.54) is 12.0 Å². The lowest BCUT2D eigenvalue weighted by molar-refractivity contribution is -0.141. The van der Waals surface area contributed by atoms with Crippen molar-refractivity contribution in [1.82, 2.24) is 10.2 Å². The Kier molecular flexibility index (Phi) is 6.04. The fraction of sp³-hybridized carbons (Fsp3) is 0.833. The lowest BCUT2D eigenvalue weighted by Gasteiger charge is -2.24. The SMILES string of the molecule is COCCC(C)NC(=O)N1CC(OC)CC1C(=O)O. The molecule has 0 aromatic rings. The molecule has 1 rings (SSSR count). The van der Waals surface area contributed by atoms with E-state index in [1.54, 1.807) is 7.11 Å². The molecule has 0 spiro atoms. The molecule has 0 aliphatic carbocycles. The Balaban J connectivity index is 2.56. The van der Waals surface area contributed by atoms with Gasteiger partial charge in [-0.2, -0.15) is 0 Å². The highest BCUT2D eigenvalue weighted by Gasteiger charge is 2.40. The van der Waals surface area contributed by atoms with E-state index in [1.807, 2.05) is 6.92 Å². The second-order valence-electron chi connectivity index (χ2n) is 4.73. The van der Waals surface area contributed by atoms with Crippen LogP contribution in [0.4, 0.5) is 4.79 Å². The molecule has 0 bridgehead atoms. The number of carbonyl (C=O) groups is 2. The molecule has 1 heterocycles. The van der Waals surface area contributed by atoms with Crippen molar-refractivity contribution in [3.8, 4) is 0 Å². The van der Waals surface area contributed by atoms with Crippen LogP contribution in [0.15, 0.2) is 0 Å². The van der Waals surface area contributed by atoms with Gasteiger partial charge in [-0.05, 0) is 13.3 Å². The topological polar surface area (TPSA) is 88.1 Å². The van der Waals surface area contributed by atoms with Crippen LogP contribution in [0.1, 0.15) is 19.8 Å². The van der Waals surface area contributed by atoms with Crippen LogP contribution >= 0.6 is 0 Å². The van der Waals surface area contributed by atoms with E-state index in [2.05, 4.69) is 5.32 Å². The Morgan fingerprint density at radius 2 is 2.16 bits per heavy atom. The maximum absolute atomic E-state index is 12.1. The van der Waals surface area contributed by atoms with Crippen LogP contribution < -0.4 is 5.32 Å². The number of urea groups is 1. The van der Waals surface area contributed by atoms with Crippen molar-refractivity contribution in [1.29, 1.82) is 0 Å². The third kappa shape index (κ3) is 4.36. The summed E-state index contributed by atoms with van der Waals surface area (Å²) in [6.45, 7) is 2.71. The summed E-state index contributed by atoms with van der Waals surface area (Å²) in [6, 6.07) is -1.25. The van der Waals surface area contributed by atoms with E-state index >= 15 is 0 Å². The first kappa shape index (κ1) is 15.7. The summed E-state index contributed by atoms with van der Waals surface area (Å²) >= 11 is 0. The second-order valence-corrected chi connectivity index (χ2v) is 4.73. The minimum absolute atomic E-state index is 0.0662. The minimum Gasteiger partial charge on any atom is -0.480 e. The average Bonchev–Trinajstić information content (AvgIpc) is 2.80. The summed E-state index contributed by atoms with van der Waals surface area (Å²) in [5.41, 5.74) is 0. The van der Waals surface area contributed by atoms with Crippen molar-refractivity contribution in [3.05, 3.63) is 0 Å². The molecule has 0 saturated carbocycles. The highest BCUT2D eigenvalue weighted by Crippen LogP contribution is 2.20. The fourth-order valence-electron chi connectivity index (χ4n) is 2.09. The number of methoxy groups -OCH3 is 2. The highest BCUT2D eigenvalue weighted by molar-refractivity contribution is 5.83. The largest absolute Gasteiger partial charge is 0.480 e. The molecule has 110 valence electrons. The number of carboxylic acid groups (broad SMARTS) is 1. The average molecular weight is 274 g/mol. The summed E-state index contributed by atoms with van der Waals surface area (Å²) in [6.07, 6.45) is 0.786. The molecule has 3 atom stereocenters. The number of carbonyl (C=O) groups excluding carboxylic acids is 1. The number of aliphatic carboxylic acids is 1. The zero-order valence-electron chi connectivity index (χ0n) is 11.6. The van der Waals surface area contributed by atoms with Gasteiger partial charge in [0.1, 0.15) is 6.04 Å². The molecule has 7 heteroatoms. The molecule has 3 unspecified atom stereocenters. The van der Waals surface area contributed by atoms with Gasteiger partial charge in [-0.15, -0.1) is 0 Å². The smallest absolute Gasteiger partial charge is 0.326 e. The van der Waals surface area contributed by atoms with Gasteiger partial charge in [0.2, 0.25) is 0 Å². The molecule has 0 aromatic carbocycles. The van der Waals surface area contributed by atoms with Crippen LogP contribution in [0.25, 0.3) is 0 Å². The summed E-state index contributed by atoms with van der Waals surface area (Å²) in [5.74, 6) is -1.00. The molecule has 1 aliphatic heterocycles. The van der Waals surface area contributed by atoms with Gasteiger partial charge in [0, 0.05) is 39.8 Å². The maximum atomic E-state index is 12.1. The van der Waals surface area contributed by atoms with Crippen LogP contribution in [0.2, 0.25) is 0 Å². The number of rotatable bonds is 6. The number of ether oxygens (including phenoxy) is 2. The molecule has 2 N–H and O–H groups in total. The standard InChI is InChI=1S/C12H22N2O5/c1-8(4-5-18-2)13-12(17)14-7-9(19-3)6-10(14)11(15)16/h8-10H,4-7H2,1-3H3,(H,13,17)(H,15,16). The fourth-order valence-corrected chi connectivity index (χ4v) is 2.09. The molecular formula is C12H22N2O5. The van der Waals surface area contributed by atoms with Gasteiger partial charge < -0.3 is 24.8 Å². The van der Waals surface area contributed by atoms with E-state index in [9.17, 15) is 9.59 Å². The Bertz CT molecular complexity index is 323. The van der Waals surface area contributed by atoms with E-state index < -0.39 is 12.0 Å². The maximum Gasteiger partial charge on any atom is 0.326 e. The van der Waals surface area contributed by atoms with Gasteiger partial charge in [-0.1, -0.05) is 0 Å². The number of amides is 2. The summed E-state index contributed by atoms with van der Waals surface area (Å²) < 4.78 is 10.1. The van der Waals surface area contributed by atoms with Crippen molar-refractivity contribution < 1.29 is 24.2 Å². The zero-order chi connectivity index (χ0) is 14.4. The van der Waals surface area contributed by atoms with Crippen LogP contribution in [0, 0.1) is 0 Å². The molecule has 7 nitrogen and oxygen atoms in total. The molecule has 0 aromatic heterocycles. The molecule has 19 heavy (non-hydrogen) atoms. The summed E-state index contributed by atoms with van der Waals surface area (Å²) in [5, 5.41) is 11.9. The van der Waals surface area contributed by atoms with Crippen LogP contribution in [-0.2, 0) is 14.3 Å². The zero-order valence-corrected chi connectivity index (χ0v) is 11.6. The Morgan fingerprint density at radius 1 is 1.47 bits per heavy atom. The van der Waals surface area contributed by atoms with E-state index in [-0.39, 0.29) is 18.2 Å². The molecule has 2 amide bonds. The summed E-state index contributed by atoms with van der Waals surface area (Å²) in [4.78, 5) is 24.5. The third-order valence-corrected chi connectivity index (χ3v) is 3.27. The van der Waals surface area contributed by atoms with Crippen LogP contribution in [0.3, 0.4) is 0 Å². The highest BCUT2D eigenvalue weighted by atomic mass is 16.5. The van der Waals surface area contributed by atoms with Crippen LogP contribution in [-0.4, -0.2) is 67.6 Å². The quantitative estimate of drug-likeness (QED) is 0.727. The van der Waals surface area contributed by atoms with Gasteiger partial charge in [0.25, 0.3) is 0 Å². The normalized spacial score (nSPS) is 24.3. The third-order valence-electron chi connectivity index (χ3n) is 3.27. The molecular weight excluding hydrogens is 252 g/mol. The first-order valence-electron chi connectivity index (χ1n) is 6.31. The van der Waals surface area contributed by atoms with Crippen LogP contribution in [0.5, 0.6) is 0 Å². The lowest BCUT2D eigenvalue weighted by atomic mass is 10.2. The predicted molar refractivity (Wildman–Crippen MR) is 68.0 cm³/mol. The van der Waals surface area contributed by atoms with E-state index in [0.717, 1.165) is 0 Å². The number of nitrogens with one attached hydrogen (secondary N) is 1. The number of hydrogen-bond donors (Lipinski definition) is 2. The first-order valence-corrected chi connectivity index (χ1v) is 6.31. The molecule has 1 aliphatic rings. The van der Waals surface area contributed by atoms with Gasteiger partial charge in [0.15, 0.2) is 0 Å². The van der Waals surface area contributed by atoms with Crippen molar-refractivity contribution in [2.24, 2.45) is 0 Å². The predicted octanol–water partition coefficient (Wildman–Crippen LogP) is 0.295. The monoisotopic (exact) mass is 274 g/mol. The number of likely N-dealkylation sites (tertiary alicyclic amines) is 1. The van der Waals surface area contributed by atoms with Gasteiger partial charge >= 0.3 is 12.0 Å². The Morgan fingerprint density at radius 3 is 2.68 bits per heavy atom. The number of hydrogen-bond acceptors (Lipinski definition) is 4. The Hall–Kier alpha value is -1.34. The van der Waals surface area contributed by atoms with E-state index in [0.29, 0.717) is 26.0 Å². The molecule has 1 fully saturated rings. The first-order chi connectivity index (χ1) is 8.99. The van der Waals surface area contributed by atoms with Crippen molar-refractivity contribution >= 4 is 12.0 Å². The molecule has 0 radical (unpaired) electrons. The second kappa shape index (κ2) is 7.30. The van der Waals surface area contributed by atoms with E-state index in [4.69, 9.17) is 14.6 Å². The number of nitrogens with zero attached hydrogens (tertiary/aromatic N) is 1.